The largest absolute Gasteiger partial charge is 0.494 e. The highest BCUT2D eigenvalue weighted by atomic mass is 16.5. The maximum atomic E-state index is 6.68. The van der Waals surface area contributed by atoms with Crippen LogP contribution in [-0.4, -0.2) is 26.4 Å². The summed E-state index contributed by atoms with van der Waals surface area (Å²) in [5.41, 5.74) is 6.94. The molecule has 0 aliphatic carbocycles. The average Bonchev–Trinajstić information content (AvgIpc) is 2.37. The van der Waals surface area contributed by atoms with Gasteiger partial charge in [0.15, 0.2) is 11.5 Å². The van der Waals surface area contributed by atoms with Crippen LogP contribution in [-0.2, 0) is 0 Å². The summed E-state index contributed by atoms with van der Waals surface area (Å²) in [6, 6.07) is 60.0. The van der Waals surface area contributed by atoms with E-state index in [1.807, 2.05) is 146 Å². The zero-order valence-electron chi connectivity index (χ0n) is 55.0. The van der Waals surface area contributed by atoms with Crippen molar-refractivity contribution in [1.29, 1.82) is 0 Å². The Balaban J connectivity index is 0.919. The zero-order valence-corrected chi connectivity index (χ0v) is 55.0. The van der Waals surface area contributed by atoms with Gasteiger partial charge in [-0.05, 0) is 196 Å². The van der Waals surface area contributed by atoms with Crippen LogP contribution in [0.5, 0.6) is 57.5 Å². The molecule has 0 aliphatic rings. The average molecular weight is 1230 g/mol. The number of benzene rings is 8. The predicted octanol–water partition coefficient (Wildman–Crippen LogP) is 25.0. The third kappa shape index (κ3) is 25.0. The third-order valence-corrected chi connectivity index (χ3v) is 16.0. The minimum atomic E-state index is 0.649. The molecule has 0 fully saturated rings. The van der Waals surface area contributed by atoms with Gasteiger partial charge in [-0.1, -0.05) is 168 Å². The second-order valence-electron chi connectivity index (χ2n) is 23.7. The number of anilines is 8. The van der Waals surface area contributed by atoms with Gasteiger partial charge < -0.3 is 54.4 Å². The normalized spacial score (nSPS) is 11.0. The monoisotopic (exact) mass is 1230 g/mol. The SMILES string of the molecule is CCCCCCCCOc1ccc(Nc2cccc(Oc3ccc(Oc4ccc(Oc5cccc(Nc6ccc(OCCCCCCCC)cc6)c5Nc5ccc(OCCCCCCCC)cc5)cc4)cc3)c2Nc2ccc(OCCCCCCCC)cc2)cc1. The first kappa shape index (κ1) is 68.5. The molecule has 8 aromatic carbocycles. The first-order valence-corrected chi connectivity index (χ1v) is 34.4. The Morgan fingerprint density at radius 2 is 0.451 bits per heavy atom. The molecule has 0 saturated carbocycles. The highest BCUT2D eigenvalue weighted by molar-refractivity contribution is 5.85. The molecule has 484 valence electrons. The number of nitrogens with one attached hydrogen (secondary N) is 4. The van der Waals surface area contributed by atoms with Crippen molar-refractivity contribution >= 4 is 45.5 Å². The molecule has 0 radical (unpaired) electrons. The molecular weight excluding hydrogens is 1130 g/mol. The highest BCUT2D eigenvalue weighted by Gasteiger charge is 2.16. The first-order chi connectivity index (χ1) is 44.9. The molecule has 8 aromatic rings. The molecule has 0 spiro atoms. The zero-order chi connectivity index (χ0) is 63.2. The van der Waals surface area contributed by atoms with Crippen molar-refractivity contribution in [2.24, 2.45) is 0 Å². The summed E-state index contributed by atoms with van der Waals surface area (Å²) in [5.74, 6) is 7.37. The van der Waals surface area contributed by atoms with Gasteiger partial charge in [-0.3, -0.25) is 0 Å². The molecule has 91 heavy (non-hydrogen) atoms. The van der Waals surface area contributed by atoms with Crippen LogP contribution in [0.15, 0.2) is 182 Å². The lowest BCUT2D eigenvalue weighted by molar-refractivity contribution is 0.304. The standard InChI is InChI=1S/C80H102N4O7/c1-5-9-13-17-21-25-59-85-67-43-35-63(36-44-67)81-75-31-29-33-77(79(75)83-65-39-47-69(48-40-65)87-61-27-23-19-15-11-7-3)90-73-55-51-71(52-56-73)89-72-53-57-74(58-54-72)91-78-34-30-32-76(82-64-37-45-68(46-38-64)86-60-26-22-18-14-10-6-2)80(78)84-66-41-49-70(50-42-66)88-62-28-24-20-16-12-8-4/h29-58,81-84H,5-28,59-62H2,1-4H3. The van der Waals surface area contributed by atoms with E-state index in [1.54, 1.807) is 0 Å². The molecule has 0 aromatic heterocycles. The van der Waals surface area contributed by atoms with E-state index < -0.39 is 0 Å². The fraction of sp³-hybridized carbons (Fsp3) is 0.400. The molecular formula is C80H102N4O7. The van der Waals surface area contributed by atoms with Gasteiger partial charge in [-0.15, -0.1) is 0 Å². The van der Waals surface area contributed by atoms with E-state index >= 15 is 0 Å². The third-order valence-electron chi connectivity index (χ3n) is 16.0. The summed E-state index contributed by atoms with van der Waals surface area (Å²) in [4.78, 5) is 0. The van der Waals surface area contributed by atoms with Crippen LogP contribution < -0.4 is 54.4 Å². The maximum absolute atomic E-state index is 6.68. The van der Waals surface area contributed by atoms with Crippen LogP contribution >= 0.6 is 0 Å². The van der Waals surface area contributed by atoms with E-state index in [1.165, 1.54) is 128 Å². The number of hydrogen-bond acceptors (Lipinski definition) is 11. The van der Waals surface area contributed by atoms with E-state index in [2.05, 4.69) is 85.4 Å². The van der Waals surface area contributed by atoms with Crippen molar-refractivity contribution in [3.63, 3.8) is 0 Å². The topological polar surface area (TPSA) is 113 Å². The number of unbranched alkanes of at least 4 members (excludes halogenated alkanes) is 20. The van der Waals surface area contributed by atoms with Gasteiger partial charge in [-0.25, -0.2) is 0 Å². The minimum Gasteiger partial charge on any atom is -0.494 e. The smallest absolute Gasteiger partial charge is 0.153 e. The van der Waals surface area contributed by atoms with Crippen molar-refractivity contribution in [2.45, 2.75) is 182 Å². The van der Waals surface area contributed by atoms with Crippen LogP contribution in [0.1, 0.15) is 182 Å². The number of hydrogen-bond donors (Lipinski definition) is 4. The van der Waals surface area contributed by atoms with Gasteiger partial charge in [-0.2, -0.15) is 0 Å². The molecule has 11 heteroatoms. The first-order valence-electron chi connectivity index (χ1n) is 34.4. The molecule has 0 amide bonds. The van der Waals surface area contributed by atoms with Crippen LogP contribution in [0.4, 0.5) is 45.5 Å². The van der Waals surface area contributed by atoms with Crippen LogP contribution in [0.3, 0.4) is 0 Å². The Labute approximate surface area is 545 Å². The lowest BCUT2D eigenvalue weighted by Crippen LogP contribution is -2.01. The van der Waals surface area contributed by atoms with E-state index in [4.69, 9.17) is 33.2 Å². The van der Waals surface area contributed by atoms with Crippen molar-refractivity contribution in [1.82, 2.24) is 0 Å². The molecule has 4 N–H and O–H groups in total. The Kier molecular flexibility index (Phi) is 30.3. The number of rotatable bonds is 46. The predicted molar refractivity (Wildman–Crippen MR) is 380 cm³/mol. The van der Waals surface area contributed by atoms with Crippen LogP contribution in [0.2, 0.25) is 0 Å². The summed E-state index contributed by atoms with van der Waals surface area (Å²) in [6.07, 6.45) is 29.5. The van der Waals surface area contributed by atoms with E-state index in [0.29, 0.717) is 47.7 Å². The van der Waals surface area contributed by atoms with E-state index in [0.717, 1.165) is 107 Å². The minimum absolute atomic E-state index is 0.649. The fourth-order valence-corrected chi connectivity index (χ4v) is 10.7. The molecule has 0 saturated heterocycles. The van der Waals surface area contributed by atoms with Crippen LogP contribution in [0, 0.1) is 0 Å². The summed E-state index contributed by atoms with van der Waals surface area (Å²) < 4.78 is 44.3. The Bertz CT molecular complexity index is 3010. The number of para-hydroxylation sites is 2. The molecule has 8 rings (SSSR count). The Morgan fingerprint density at radius 1 is 0.220 bits per heavy atom. The number of ether oxygens (including phenoxy) is 7. The molecule has 11 nitrogen and oxygen atoms in total. The van der Waals surface area contributed by atoms with Crippen molar-refractivity contribution in [2.75, 3.05) is 47.7 Å². The van der Waals surface area contributed by atoms with Gasteiger partial charge in [0.1, 0.15) is 57.4 Å². The van der Waals surface area contributed by atoms with Gasteiger partial charge in [0.05, 0.1) is 37.8 Å². The second-order valence-corrected chi connectivity index (χ2v) is 23.7. The van der Waals surface area contributed by atoms with Gasteiger partial charge >= 0.3 is 0 Å². The molecule has 0 atom stereocenters. The molecule has 0 heterocycles. The Morgan fingerprint density at radius 3 is 0.725 bits per heavy atom. The van der Waals surface area contributed by atoms with Crippen molar-refractivity contribution in [3.8, 4) is 57.5 Å². The van der Waals surface area contributed by atoms with E-state index in [9.17, 15) is 0 Å². The molecule has 0 unspecified atom stereocenters. The Hall–Kier alpha value is -8.44. The molecule has 0 aliphatic heterocycles. The second kappa shape index (κ2) is 40.3. The lowest BCUT2D eigenvalue weighted by atomic mass is 10.1. The lowest BCUT2D eigenvalue weighted by Gasteiger charge is -2.19. The van der Waals surface area contributed by atoms with Gasteiger partial charge in [0.2, 0.25) is 0 Å². The van der Waals surface area contributed by atoms with Crippen LogP contribution in [0.25, 0.3) is 0 Å². The van der Waals surface area contributed by atoms with Gasteiger partial charge in [0.25, 0.3) is 0 Å². The van der Waals surface area contributed by atoms with Crippen molar-refractivity contribution in [3.05, 3.63) is 182 Å². The van der Waals surface area contributed by atoms with E-state index in [-0.39, 0.29) is 0 Å². The molecule has 0 bridgehead atoms. The summed E-state index contributed by atoms with van der Waals surface area (Å²) >= 11 is 0. The van der Waals surface area contributed by atoms with Crippen molar-refractivity contribution < 1.29 is 33.2 Å². The summed E-state index contributed by atoms with van der Waals surface area (Å²) in [7, 11) is 0. The maximum Gasteiger partial charge on any atom is 0.153 e. The summed E-state index contributed by atoms with van der Waals surface area (Å²) in [5, 5.41) is 14.6. The highest BCUT2D eigenvalue weighted by Crippen LogP contribution is 2.42. The van der Waals surface area contributed by atoms with Gasteiger partial charge in [0, 0.05) is 22.7 Å². The fourth-order valence-electron chi connectivity index (χ4n) is 10.7. The summed E-state index contributed by atoms with van der Waals surface area (Å²) in [6.45, 7) is 11.9. The quantitative estimate of drug-likeness (QED) is 0.0274.